The Labute approximate surface area is 94.6 Å². The van der Waals surface area contributed by atoms with E-state index in [1.165, 1.54) is 19.3 Å². The van der Waals surface area contributed by atoms with E-state index in [9.17, 15) is 0 Å². The predicted molar refractivity (Wildman–Crippen MR) is 60.3 cm³/mol. The van der Waals surface area contributed by atoms with E-state index < -0.39 is 0 Å². The summed E-state index contributed by atoms with van der Waals surface area (Å²) in [7, 11) is 1.70. The van der Waals surface area contributed by atoms with Crippen molar-refractivity contribution < 1.29 is 4.74 Å². The average molecular weight is 227 g/mol. The zero-order valence-corrected chi connectivity index (χ0v) is 9.85. The summed E-state index contributed by atoms with van der Waals surface area (Å²) in [5.74, 6) is 1.90. The molecule has 0 saturated heterocycles. The molecule has 0 unspecified atom stereocenters. The maximum atomic E-state index is 5.18. The summed E-state index contributed by atoms with van der Waals surface area (Å²) in [5.41, 5.74) is 0. The molecule has 2 rings (SSSR count). The zero-order valence-electron chi connectivity index (χ0n) is 9.03. The van der Waals surface area contributed by atoms with Crippen LogP contribution in [-0.4, -0.2) is 28.5 Å². The molecule has 1 fully saturated rings. The number of hydrogen-bond acceptors (Lipinski definition) is 3. The molecule has 0 amide bonds. The molecular formula is C10H17N3OS. The molecule has 0 bridgehead atoms. The third-order valence-electron chi connectivity index (χ3n) is 3.05. The molecule has 0 spiro atoms. The first-order valence-corrected chi connectivity index (χ1v) is 5.85. The van der Waals surface area contributed by atoms with Crippen molar-refractivity contribution in [3.8, 4) is 0 Å². The van der Waals surface area contributed by atoms with Crippen molar-refractivity contribution in [1.29, 1.82) is 0 Å². The number of H-pyrrole nitrogens is 1. The second kappa shape index (κ2) is 4.90. The van der Waals surface area contributed by atoms with E-state index in [1.807, 2.05) is 0 Å². The second-order valence-electron chi connectivity index (χ2n) is 4.09. The Morgan fingerprint density at radius 2 is 2.40 bits per heavy atom. The summed E-state index contributed by atoms with van der Waals surface area (Å²) in [5, 5.41) is 7.14. The van der Waals surface area contributed by atoms with Crippen LogP contribution in [-0.2, 0) is 17.7 Å². The Morgan fingerprint density at radius 3 is 3.00 bits per heavy atom. The number of hydrogen-bond donors (Lipinski definition) is 1. The fourth-order valence-electron chi connectivity index (χ4n) is 1.87. The summed E-state index contributed by atoms with van der Waals surface area (Å²) in [4.78, 5) is 0. The first kappa shape index (κ1) is 10.8. The second-order valence-corrected chi connectivity index (χ2v) is 4.48. The van der Waals surface area contributed by atoms with Gasteiger partial charge in [-0.25, -0.2) is 0 Å². The molecule has 5 heteroatoms. The fraction of sp³-hybridized carbons (Fsp3) is 0.800. The van der Waals surface area contributed by atoms with E-state index in [1.54, 1.807) is 7.11 Å². The van der Waals surface area contributed by atoms with Crippen LogP contribution >= 0.6 is 12.2 Å². The number of ether oxygens (including phenoxy) is 1. The van der Waals surface area contributed by atoms with Gasteiger partial charge in [-0.15, -0.1) is 0 Å². The molecule has 0 aromatic carbocycles. The fourth-order valence-corrected chi connectivity index (χ4v) is 2.12. The third kappa shape index (κ3) is 2.46. The first-order chi connectivity index (χ1) is 7.31. The van der Waals surface area contributed by atoms with Crippen LogP contribution in [0.4, 0.5) is 0 Å². The third-order valence-corrected chi connectivity index (χ3v) is 3.36. The van der Waals surface area contributed by atoms with Crippen molar-refractivity contribution in [3.63, 3.8) is 0 Å². The smallest absolute Gasteiger partial charge is 0.195 e. The van der Waals surface area contributed by atoms with Gasteiger partial charge in [0.05, 0.1) is 6.61 Å². The van der Waals surface area contributed by atoms with Gasteiger partial charge in [-0.3, -0.25) is 5.10 Å². The molecule has 1 aromatic heterocycles. The van der Waals surface area contributed by atoms with Crippen LogP contribution in [0.2, 0.25) is 0 Å². The van der Waals surface area contributed by atoms with Crippen molar-refractivity contribution in [3.05, 3.63) is 10.6 Å². The number of nitrogens with zero attached hydrogens (tertiary/aromatic N) is 2. The normalized spacial score (nSPS) is 16.6. The molecule has 4 nitrogen and oxygen atoms in total. The van der Waals surface area contributed by atoms with Crippen LogP contribution in [0, 0.1) is 10.7 Å². The predicted octanol–water partition coefficient (Wildman–Crippen LogP) is 1.93. The number of methoxy groups -OCH3 is 1. The summed E-state index contributed by atoms with van der Waals surface area (Å²) in [6.07, 6.45) is 5.10. The summed E-state index contributed by atoms with van der Waals surface area (Å²) >= 11 is 5.18. The number of nitrogens with one attached hydrogen (secondary N) is 1. The summed E-state index contributed by atoms with van der Waals surface area (Å²) < 4.78 is 7.82. The number of rotatable bonds is 5. The maximum absolute atomic E-state index is 5.18. The van der Waals surface area contributed by atoms with Crippen LogP contribution in [0.3, 0.4) is 0 Å². The standard InChI is InChI=1S/C10H17N3OS/c1-14-6-5-13-9(11-12-10(13)15)7-8-3-2-4-8/h8H,2-7H2,1H3,(H,12,15). The van der Waals surface area contributed by atoms with Crippen molar-refractivity contribution in [1.82, 2.24) is 14.8 Å². The zero-order chi connectivity index (χ0) is 10.7. The van der Waals surface area contributed by atoms with Crippen molar-refractivity contribution >= 4 is 12.2 Å². The van der Waals surface area contributed by atoms with E-state index >= 15 is 0 Å². The highest BCUT2D eigenvalue weighted by Crippen LogP contribution is 2.29. The lowest BCUT2D eigenvalue weighted by atomic mass is 9.83. The molecule has 1 aromatic rings. The molecule has 1 aliphatic carbocycles. The Morgan fingerprint density at radius 1 is 1.60 bits per heavy atom. The quantitative estimate of drug-likeness (QED) is 0.782. The molecule has 0 aliphatic heterocycles. The van der Waals surface area contributed by atoms with Gasteiger partial charge < -0.3 is 9.30 Å². The van der Waals surface area contributed by atoms with Crippen molar-refractivity contribution in [2.24, 2.45) is 5.92 Å². The van der Waals surface area contributed by atoms with Gasteiger partial charge in [0.2, 0.25) is 0 Å². The van der Waals surface area contributed by atoms with Crippen LogP contribution in [0.25, 0.3) is 0 Å². The van der Waals surface area contributed by atoms with Gasteiger partial charge in [0.25, 0.3) is 0 Å². The highest BCUT2D eigenvalue weighted by molar-refractivity contribution is 7.71. The van der Waals surface area contributed by atoms with Gasteiger partial charge in [-0.2, -0.15) is 5.10 Å². The summed E-state index contributed by atoms with van der Waals surface area (Å²) in [6.45, 7) is 1.49. The molecular weight excluding hydrogens is 210 g/mol. The van der Waals surface area contributed by atoms with Gasteiger partial charge in [0.15, 0.2) is 4.77 Å². The van der Waals surface area contributed by atoms with Gasteiger partial charge >= 0.3 is 0 Å². The van der Waals surface area contributed by atoms with Gasteiger partial charge in [0, 0.05) is 20.1 Å². The lowest BCUT2D eigenvalue weighted by molar-refractivity contribution is 0.185. The highest BCUT2D eigenvalue weighted by Gasteiger charge is 2.20. The minimum atomic E-state index is 0.686. The van der Waals surface area contributed by atoms with E-state index in [0.717, 1.165) is 24.7 Å². The lowest BCUT2D eigenvalue weighted by Gasteiger charge is -2.24. The van der Waals surface area contributed by atoms with E-state index in [2.05, 4.69) is 14.8 Å². The Kier molecular flexibility index (Phi) is 3.53. The number of aromatic nitrogens is 3. The SMILES string of the molecule is COCCn1c(CC2CCC2)n[nH]c1=S. The molecule has 0 radical (unpaired) electrons. The minimum Gasteiger partial charge on any atom is -0.383 e. The molecule has 84 valence electrons. The van der Waals surface area contributed by atoms with Gasteiger partial charge in [-0.05, 0) is 18.1 Å². The molecule has 0 atom stereocenters. The van der Waals surface area contributed by atoms with E-state index in [-0.39, 0.29) is 0 Å². The molecule has 1 heterocycles. The molecule has 15 heavy (non-hydrogen) atoms. The number of aromatic amines is 1. The Balaban J connectivity index is 2.04. The average Bonchev–Trinajstić information content (AvgIpc) is 2.50. The Hall–Kier alpha value is -0.680. The van der Waals surface area contributed by atoms with Crippen LogP contribution < -0.4 is 0 Å². The van der Waals surface area contributed by atoms with Crippen LogP contribution in [0.1, 0.15) is 25.1 Å². The van der Waals surface area contributed by atoms with Gasteiger partial charge in [-0.1, -0.05) is 19.3 Å². The van der Waals surface area contributed by atoms with Crippen molar-refractivity contribution in [2.45, 2.75) is 32.2 Å². The minimum absolute atomic E-state index is 0.686. The summed E-state index contributed by atoms with van der Waals surface area (Å²) in [6, 6.07) is 0. The molecule has 1 aliphatic rings. The maximum Gasteiger partial charge on any atom is 0.195 e. The van der Waals surface area contributed by atoms with E-state index in [4.69, 9.17) is 17.0 Å². The van der Waals surface area contributed by atoms with Crippen LogP contribution in [0.5, 0.6) is 0 Å². The van der Waals surface area contributed by atoms with E-state index in [0.29, 0.717) is 11.4 Å². The largest absolute Gasteiger partial charge is 0.383 e. The topological polar surface area (TPSA) is 42.8 Å². The van der Waals surface area contributed by atoms with Gasteiger partial charge in [0.1, 0.15) is 5.82 Å². The Bertz CT molecular complexity index is 367. The first-order valence-electron chi connectivity index (χ1n) is 5.44. The molecule has 1 saturated carbocycles. The monoisotopic (exact) mass is 227 g/mol. The van der Waals surface area contributed by atoms with Crippen LogP contribution in [0.15, 0.2) is 0 Å². The lowest BCUT2D eigenvalue weighted by Crippen LogP contribution is -2.18. The highest BCUT2D eigenvalue weighted by atomic mass is 32.1. The van der Waals surface area contributed by atoms with Crippen molar-refractivity contribution in [2.75, 3.05) is 13.7 Å². The molecule has 1 N–H and O–H groups in total.